The van der Waals surface area contributed by atoms with Crippen LogP contribution in [0.1, 0.15) is 16.7 Å². The number of halogens is 4. The molecule has 7 heteroatoms. The molecule has 0 spiro atoms. The van der Waals surface area contributed by atoms with E-state index in [-0.39, 0.29) is 17.9 Å². The minimum atomic E-state index is -4.78. The van der Waals surface area contributed by atoms with Crippen LogP contribution in [0.2, 0.25) is 0 Å². The molecule has 0 atom stereocenters. The van der Waals surface area contributed by atoms with E-state index in [0.717, 1.165) is 5.56 Å². The maximum absolute atomic E-state index is 14.1. The van der Waals surface area contributed by atoms with Crippen LogP contribution in [0.15, 0.2) is 41.4 Å². The summed E-state index contributed by atoms with van der Waals surface area (Å²) in [5.74, 6) is -0.835. The highest BCUT2D eigenvalue weighted by Gasteiger charge is 2.32. The molecule has 2 aromatic carbocycles. The van der Waals surface area contributed by atoms with E-state index in [4.69, 9.17) is 0 Å². The van der Waals surface area contributed by atoms with Crippen LogP contribution in [0.3, 0.4) is 0 Å². The SMILES string of the molecule is CN/C=N\c1cc(C)c(Cc2ccccc2OC(F)(F)F)cc1F. The zero-order valence-electron chi connectivity index (χ0n) is 13.1. The molecule has 0 amide bonds. The molecule has 1 N–H and O–H groups in total. The van der Waals surface area contributed by atoms with Gasteiger partial charge in [-0.1, -0.05) is 18.2 Å². The van der Waals surface area contributed by atoms with Crippen LogP contribution >= 0.6 is 0 Å². The number of aryl methyl sites for hydroxylation is 1. The van der Waals surface area contributed by atoms with Crippen LogP contribution < -0.4 is 10.1 Å². The van der Waals surface area contributed by atoms with Crippen molar-refractivity contribution in [3.8, 4) is 5.75 Å². The number of ether oxygens (including phenoxy) is 1. The Bertz CT molecular complexity index is 742. The van der Waals surface area contributed by atoms with Gasteiger partial charge in [0.1, 0.15) is 17.3 Å². The summed E-state index contributed by atoms with van der Waals surface area (Å²) >= 11 is 0. The van der Waals surface area contributed by atoms with Crippen LogP contribution in [0.25, 0.3) is 0 Å². The van der Waals surface area contributed by atoms with Crippen LogP contribution in [-0.4, -0.2) is 19.7 Å². The fourth-order valence-electron chi connectivity index (χ4n) is 2.21. The first-order valence-corrected chi connectivity index (χ1v) is 7.12. The Labute approximate surface area is 137 Å². The van der Waals surface area contributed by atoms with Crippen molar-refractivity contribution in [1.29, 1.82) is 0 Å². The van der Waals surface area contributed by atoms with Gasteiger partial charge in [-0.05, 0) is 41.8 Å². The predicted octanol–water partition coefficient (Wildman–Crippen LogP) is 4.50. The average Bonchev–Trinajstić information content (AvgIpc) is 2.49. The van der Waals surface area contributed by atoms with Crippen molar-refractivity contribution < 1.29 is 22.3 Å². The van der Waals surface area contributed by atoms with E-state index in [1.807, 2.05) is 0 Å². The molecule has 0 fully saturated rings. The minimum absolute atomic E-state index is 0.116. The summed E-state index contributed by atoms with van der Waals surface area (Å²) in [7, 11) is 1.64. The third-order valence-corrected chi connectivity index (χ3v) is 3.32. The van der Waals surface area contributed by atoms with E-state index in [1.54, 1.807) is 26.1 Å². The van der Waals surface area contributed by atoms with Crippen molar-refractivity contribution in [3.63, 3.8) is 0 Å². The topological polar surface area (TPSA) is 33.6 Å². The molecule has 0 radical (unpaired) electrons. The highest BCUT2D eigenvalue weighted by atomic mass is 19.4. The molecule has 2 rings (SSSR count). The maximum atomic E-state index is 14.1. The van der Waals surface area contributed by atoms with Crippen LogP contribution in [0.4, 0.5) is 23.2 Å². The largest absolute Gasteiger partial charge is 0.573 e. The second-order valence-corrected chi connectivity index (χ2v) is 5.11. The zero-order chi connectivity index (χ0) is 17.7. The first-order valence-electron chi connectivity index (χ1n) is 7.12. The summed E-state index contributed by atoms with van der Waals surface area (Å²) in [6.45, 7) is 1.75. The molecule has 0 aliphatic carbocycles. The van der Waals surface area contributed by atoms with E-state index in [2.05, 4.69) is 15.0 Å². The lowest BCUT2D eigenvalue weighted by atomic mass is 9.99. The number of aliphatic imine (C=N–C) groups is 1. The number of alkyl halides is 3. The predicted molar refractivity (Wildman–Crippen MR) is 84.3 cm³/mol. The van der Waals surface area contributed by atoms with Crippen LogP contribution in [0.5, 0.6) is 5.75 Å². The summed E-state index contributed by atoms with van der Waals surface area (Å²) in [6.07, 6.45) is -3.31. The Morgan fingerprint density at radius 1 is 1.17 bits per heavy atom. The molecule has 0 heterocycles. The van der Waals surface area contributed by atoms with E-state index in [0.29, 0.717) is 11.1 Å². The molecule has 24 heavy (non-hydrogen) atoms. The Morgan fingerprint density at radius 3 is 2.54 bits per heavy atom. The van der Waals surface area contributed by atoms with Gasteiger partial charge in [0.25, 0.3) is 0 Å². The van der Waals surface area contributed by atoms with Gasteiger partial charge in [0.05, 0.1) is 6.34 Å². The van der Waals surface area contributed by atoms with Gasteiger partial charge in [0.2, 0.25) is 0 Å². The van der Waals surface area contributed by atoms with Crippen molar-refractivity contribution in [2.45, 2.75) is 19.7 Å². The number of rotatable bonds is 5. The summed E-state index contributed by atoms with van der Waals surface area (Å²) < 4.78 is 55.5. The highest BCUT2D eigenvalue weighted by Crippen LogP contribution is 2.30. The second-order valence-electron chi connectivity index (χ2n) is 5.11. The lowest BCUT2D eigenvalue weighted by Gasteiger charge is -2.14. The molecule has 2 aromatic rings. The van der Waals surface area contributed by atoms with Crippen LogP contribution in [-0.2, 0) is 6.42 Å². The van der Waals surface area contributed by atoms with Crippen molar-refractivity contribution in [3.05, 3.63) is 58.9 Å². The molecular weight excluding hydrogens is 324 g/mol. The van der Waals surface area contributed by atoms with Crippen molar-refractivity contribution in [2.24, 2.45) is 4.99 Å². The fraction of sp³-hybridized carbons (Fsp3) is 0.235. The van der Waals surface area contributed by atoms with E-state index in [9.17, 15) is 17.6 Å². The van der Waals surface area contributed by atoms with Gasteiger partial charge in [0, 0.05) is 13.5 Å². The second kappa shape index (κ2) is 7.33. The molecule has 0 aliphatic rings. The monoisotopic (exact) mass is 340 g/mol. The third-order valence-electron chi connectivity index (χ3n) is 3.32. The van der Waals surface area contributed by atoms with Gasteiger partial charge in [-0.3, -0.25) is 0 Å². The number of hydrogen-bond donors (Lipinski definition) is 1. The number of nitrogens with one attached hydrogen (secondary N) is 1. The first-order chi connectivity index (χ1) is 11.3. The minimum Gasteiger partial charge on any atom is -0.405 e. The molecule has 0 bridgehead atoms. The molecular formula is C17H16F4N2O. The van der Waals surface area contributed by atoms with Crippen LogP contribution in [0, 0.1) is 12.7 Å². The van der Waals surface area contributed by atoms with E-state index < -0.39 is 12.2 Å². The molecule has 0 aliphatic heterocycles. The summed E-state index contributed by atoms with van der Waals surface area (Å²) in [5.41, 5.74) is 1.77. The fourth-order valence-corrected chi connectivity index (χ4v) is 2.21. The quantitative estimate of drug-likeness (QED) is 0.494. The van der Waals surface area contributed by atoms with Gasteiger partial charge >= 0.3 is 6.36 Å². The van der Waals surface area contributed by atoms with Gasteiger partial charge in [-0.15, -0.1) is 13.2 Å². The molecule has 0 aromatic heterocycles. The molecule has 128 valence electrons. The number of para-hydroxylation sites is 1. The Hall–Kier alpha value is -2.57. The molecule has 3 nitrogen and oxygen atoms in total. The summed E-state index contributed by atoms with van der Waals surface area (Å²) in [4.78, 5) is 3.91. The zero-order valence-corrected chi connectivity index (χ0v) is 13.1. The standard InChI is InChI=1S/C17H16F4N2O/c1-11-7-15(23-10-22-2)14(18)9-13(11)8-12-5-3-4-6-16(12)24-17(19,20)21/h3-7,9-10H,8H2,1-2H3,(H,22,23). The number of benzene rings is 2. The van der Waals surface area contributed by atoms with E-state index in [1.165, 1.54) is 30.6 Å². The maximum Gasteiger partial charge on any atom is 0.573 e. The average molecular weight is 340 g/mol. The Balaban J connectivity index is 2.32. The summed E-state index contributed by atoms with van der Waals surface area (Å²) in [5, 5.41) is 2.67. The smallest absolute Gasteiger partial charge is 0.405 e. The molecule has 0 saturated carbocycles. The first kappa shape index (κ1) is 17.8. The molecule has 0 unspecified atom stereocenters. The Kier molecular flexibility index (Phi) is 5.43. The number of nitrogens with zero attached hydrogens (tertiary/aromatic N) is 1. The van der Waals surface area contributed by atoms with Gasteiger partial charge in [0.15, 0.2) is 0 Å². The molecule has 0 saturated heterocycles. The van der Waals surface area contributed by atoms with Crippen molar-refractivity contribution >= 4 is 12.0 Å². The highest BCUT2D eigenvalue weighted by molar-refractivity contribution is 5.61. The third kappa shape index (κ3) is 4.71. The van der Waals surface area contributed by atoms with Crippen molar-refractivity contribution in [2.75, 3.05) is 7.05 Å². The Morgan fingerprint density at radius 2 is 1.88 bits per heavy atom. The van der Waals surface area contributed by atoms with Gasteiger partial charge in [-0.25, -0.2) is 9.38 Å². The van der Waals surface area contributed by atoms with E-state index >= 15 is 0 Å². The number of hydrogen-bond acceptors (Lipinski definition) is 2. The normalized spacial score (nSPS) is 11.8. The van der Waals surface area contributed by atoms with Gasteiger partial charge < -0.3 is 10.1 Å². The lowest BCUT2D eigenvalue weighted by Crippen LogP contribution is -2.18. The summed E-state index contributed by atoms with van der Waals surface area (Å²) in [6, 6.07) is 8.64. The lowest BCUT2D eigenvalue weighted by molar-refractivity contribution is -0.274. The van der Waals surface area contributed by atoms with Gasteiger partial charge in [-0.2, -0.15) is 0 Å². The van der Waals surface area contributed by atoms with Crippen molar-refractivity contribution in [1.82, 2.24) is 5.32 Å².